The summed E-state index contributed by atoms with van der Waals surface area (Å²) in [6, 6.07) is 5.88. The number of hydrogen-bond donors (Lipinski definition) is 0. The molecule has 0 unspecified atom stereocenters. The SMILES string of the molecule is Cn1c(-c2ccccn2)nc2c1C=CCC=C2. The molecule has 84 valence electrons. The van der Waals surface area contributed by atoms with Gasteiger partial charge in [-0.05, 0) is 30.7 Å². The molecule has 1 aliphatic rings. The van der Waals surface area contributed by atoms with Crippen molar-refractivity contribution in [2.75, 3.05) is 0 Å². The van der Waals surface area contributed by atoms with Crippen LogP contribution in [0.5, 0.6) is 0 Å². The Hall–Kier alpha value is -2.16. The maximum Gasteiger partial charge on any atom is 0.159 e. The highest BCUT2D eigenvalue weighted by atomic mass is 15.1. The Labute approximate surface area is 100 Å². The average molecular weight is 223 g/mol. The Morgan fingerprint density at radius 1 is 1.18 bits per heavy atom. The molecular formula is C14H13N3. The summed E-state index contributed by atoms with van der Waals surface area (Å²) in [5.74, 6) is 0.909. The van der Waals surface area contributed by atoms with Crippen molar-refractivity contribution in [3.63, 3.8) is 0 Å². The molecule has 0 N–H and O–H groups in total. The van der Waals surface area contributed by atoms with Crippen LogP contribution in [-0.2, 0) is 7.05 Å². The van der Waals surface area contributed by atoms with Gasteiger partial charge in [-0.15, -0.1) is 0 Å². The molecule has 0 saturated carbocycles. The number of nitrogens with zero attached hydrogens (tertiary/aromatic N) is 3. The van der Waals surface area contributed by atoms with Gasteiger partial charge in [0.1, 0.15) is 5.69 Å². The molecule has 0 bridgehead atoms. The fraction of sp³-hybridized carbons (Fsp3) is 0.143. The lowest BCUT2D eigenvalue weighted by molar-refractivity contribution is 0.906. The zero-order valence-electron chi connectivity index (χ0n) is 9.67. The maximum atomic E-state index is 4.64. The smallest absolute Gasteiger partial charge is 0.159 e. The van der Waals surface area contributed by atoms with Gasteiger partial charge in [0.2, 0.25) is 0 Å². The fourth-order valence-electron chi connectivity index (χ4n) is 2.01. The van der Waals surface area contributed by atoms with Gasteiger partial charge in [-0.3, -0.25) is 4.98 Å². The molecule has 2 heterocycles. The van der Waals surface area contributed by atoms with E-state index >= 15 is 0 Å². The van der Waals surface area contributed by atoms with Crippen LogP contribution in [0.2, 0.25) is 0 Å². The lowest BCUT2D eigenvalue weighted by Crippen LogP contribution is -1.96. The van der Waals surface area contributed by atoms with Crippen molar-refractivity contribution in [1.82, 2.24) is 14.5 Å². The quantitative estimate of drug-likeness (QED) is 0.744. The lowest BCUT2D eigenvalue weighted by Gasteiger charge is -2.01. The first-order chi connectivity index (χ1) is 8.36. The minimum Gasteiger partial charge on any atom is -0.326 e. The standard InChI is InChI=1S/C14H13N3/c1-17-13-9-4-2-3-7-11(13)16-14(17)12-8-5-6-10-15-12/h3-10H,2H2,1H3. The monoisotopic (exact) mass is 223 g/mol. The first-order valence-corrected chi connectivity index (χ1v) is 5.67. The predicted molar refractivity (Wildman–Crippen MR) is 69.1 cm³/mol. The number of fused-ring (bicyclic) bond motifs is 1. The summed E-state index contributed by atoms with van der Waals surface area (Å²) in [6.45, 7) is 0. The van der Waals surface area contributed by atoms with E-state index in [2.05, 4.69) is 38.8 Å². The summed E-state index contributed by atoms with van der Waals surface area (Å²) in [7, 11) is 2.03. The molecular weight excluding hydrogens is 210 g/mol. The van der Waals surface area contributed by atoms with E-state index in [0.29, 0.717) is 0 Å². The zero-order valence-corrected chi connectivity index (χ0v) is 9.67. The van der Waals surface area contributed by atoms with E-state index in [-0.39, 0.29) is 0 Å². The van der Waals surface area contributed by atoms with Gasteiger partial charge in [0.25, 0.3) is 0 Å². The van der Waals surface area contributed by atoms with E-state index in [1.54, 1.807) is 6.20 Å². The van der Waals surface area contributed by atoms with Crippen LogP contribution in [0, 0.1) is 0 Å². The third-order valence-electron chi connectivity index (χ3n) is 2.89. The van der Waals surface area contributed by atoms with Crippen LogP contribution in [0.4, 0.5) is 0 Å². The lowest BCUT2D eigenvalue weighted by atomic mass is 10.3. The molecule has 0 spiro atoms. The second-order valence-electron chi connectivity index (χ2n) is 4.02. The van der Waals surface area contributed by atoms with Gasteiger partial charge in [-0.1, -0.05) is 18.2 Å². The zero-order chi connectivity index (χ0) is 11.7. The number of rotatable bonds is 1. The molecule has 3 heteroatoms. The van der Waals surface area contributed by atoms with Crippen LogP contribution < -0.4 is 0 Å². The van der Waals surface area contributed by atoms with E-state index in [9.17, 15) is 0 Å². The van der Waals surface area contributed by atoms with Crippen LogP contribution in [0.15, 0.2) is 36.5 Å². The second kappa shape index (κ2) is 4.01. The molecule has 0 saturated heterocycles. The molecule has 0 radical (unpaired) electrons. The third kappa shape index (κ3) is 1.69. The molecule has 2 aromatic rings. The van der Waals surface area contributed by atoms with E-state index in [0.717, 1.165) is 29.3 Å². The number of hydrogen-bond acceptors (Lipinski definition) is 2. The van der Waals surface area contributed by atoms with Crippen LogP contribution >= 0.6 is 0 Å². The summed E-state index contributed by atoms with van der Waals surface area (Å²) in [4.78, 5) is 8.99. The summed E-state index contributed by atoms with van der Waals surface area (Å²) in [5, 5.41) is 0. The van der Waals surface area contributed by atoms with Gasteiger partial charge >= 0.3 is 0 Å². The van der Waals surface area contributed by atoms with Crippen LogP contribution in [0.25, 0.3) is 23.7 Å². The van der Waals surface area contributed by atoms with Gasteiger partial charge < -0.3 is 4.57 Å². The van der Waals surface area contributed by atoms with Crippen molar-refractivity contribution in [1.29, 1.82) is 0 Å². The van der Waals surface area contributed by atoms with Crippen molar-refractivity contribution in [2.45, 2.75) is 6.42 Å². The highest BCUT2D eigenvalue weighted by Crippen LogP contribution is 2.23. The van der Waals surface area contributed by atoms with Crippen LogP contribution in [-0.4, -0.2) is 14.5 Å². The van der Waals surface area contributed by atoms with E-state index in [1.165, 1.54) is 0 Å². The molecule has 0 amide bonds. The Morgan fingerprint density at radius 2 is 2.06 bits per heavy atom. The average Bonchev–Trinajstić information content (AvgIpc) is 2.56. The third-order valence-corrected chi connectivity index (χ3v) is 2.89. The number of aromatic nitrogens is 3. The first kappa shape index (κ1) is 10.0. The number of allylic oxidation sites excluding steroid dienone is 2. The largest absolute Gasteiger partial charge is 0.326 e. The van der Waals surface area contributed by atoms with Gasteiger partial charge in [-0.25, -0.2) is 4.98 Å². The summed E-state index contributed by atoms with van der Waals surface area (Å²) >= 11 is 0. The predicted octanol–water partition coefficient (Wildman–Crippen LogP) is 2.91. The highest BCUT2D eigenvalue weighted by molar-refractivity contribution is 5.67. The number of pyridine rings is 1. The minimum atomic E-state index is 0.907. The topological polar surface area (TPSA) is 30.7 Å². The summed E-state index contributed by atoms with van der Waals surface area (Å²) < 4.78 is 2.09. The van der Waals surface area contributed by atoms with Crippen LogP contribution in [0.3, 0.4) is 0 Å². The highest BCUT2D eigenvalue weighted by Gasteiger charge is 2.13. The van der Waals surface area contributed by atoms with Gasteiger partial charge in [0.15, 0.2) is 5.82 Å². The Bertz CT molecular complexity index is 591. The van der Waals surface area contributed by atoms with Crippen LogP contribution in [0.1, 0.15) is 17.8 Å². The maximum absolute atomic E-state index is 4.64. The fourth-order valence-corrected chi connectivity index (χ4v) is 2.01. The molecule has 1 aliphatic carbocycles. The molecule has 0 atom stereocenters. The Kier molecular flexibility index (Phi) is 2.37. The normalized spacial score (nSPS) is 13.5. The van der Waals surface area contributed by atoms with Crippen molar-refractivity contribution in [3.8, 4) is 11.5 Å². The summed E-state index contributed by atoms with van der Waals surface area (Å²) in [5.41, 5.74) is 3.06. The Balaban J connectivity index is 2.18. The Morgan fingerprint density at radius 3 is 2.88 bits per heavy atom. The van der Waals surface area contributed by atoms with E-state index in [4.69, 9.17) is 0 Å². The van der Waals surface area contributed by atoms with Gasteiger partial charge in [-0.2, -0.15) is 0 Å². The van der Waals surface area contributed by atoms with Crippen molar-refractivity contribution < 1.29 is 0 Å². The molecule has 2 aromatic heterocycles. The summed E-state index contributed by atoms with van der Waals surface area (Å²) in [6.07, 6.45) is 11.2. The van der Waals surface area contributed by atoms with Crippen molar-refractivity contribution in [2.24, 2.45) is 7.05 Å². The van der Waals surface area contributed by atoms with Gasteiger partial charge in [0.05, 0.1) is 11.4 Å². The minimum absolute atomic E-state index is 0.907. The molecule has 0 aliphatic heterocycles. The molecule has 17 heavy (non-hydrogen) atoms. The second-order valence-corrected chi connectivity index (χ2v) is 4.02. The molecule has 0 fully saturated rings. The van der Waals surface area contributed by atoms with E-state index < -0.39 is 0 Å². The number of imidazole rings is 1. The molecule has 3 nitrogen and oxygen atoms in total. The first-order valence-electron chi connectivity index (χ1n) is 5.67. The molecule has 0 aromatic carbocycles. The van der Waals surface area contributed by atoms with Gasteiger partial charge in [0, 0.05) is 13.2 Å². The molecule has 3 rings (SSSR count). The van der Waals surface area contributed by atoms with E-state index in [1.807, 2.05) is 25.2 Å². The van der Waals surface area contributed by atoms with Crippen molar-refractivity contribution in [3.05, 3.63) is 47.9 Å². The van der Waals surface area contributed by atoms with Crippen molar-refractivity contribution >= 4 is 12.2 Å².